The summed E-state index contributed by atoms with van der Waals surface area (Å²) >= 11 is 0. The van der Waals surface area contributed by atoms with E-state index in [4.69, 9.17) is 8.83 Å². The standard InChI is InChI=1S/C53H31NO2/c1-2-14-33-29-34(26-25-32(33)13-1)54(47-31-42-40-18-6-11-23-48(40)55-51(42)52-50(47)41-19-7-12-24-49(41)56-52)35-27-28-39-38-17-5-10-22-45(38)53(46(39)30-35)43-20-8-3-15-36(43)37-16-4-9-21-44(37)53/h1-31H. The van der Waals surface area contributed by atoms with E-state index < -0.39 is 5.41 Å². The highest BCUT2D eigenvalue weighted by atomic mass is 16.4. The van der Waals surface area contributed by atoms with Crippen LogP contribution in [0.2, 0.25) is 0 Å². The summed E-state index contributed by atoms with van der Waals surface area (Å²) in [6.45, 7) is 0. The Labute approximate surface area is 322 Å². The number of fused-ring (bicyclic) bond motifs is 18. The molecule has 2 aliphatic rings. The van der Waals surface area contributed by atoms with Gasteiger partial charge in [-0.2, -0.15) is 0 Å². The number of furan rings is 2. The molecule has 9 aromatic carbocycles. The Hall–Kier alpha value is -7.36. The van der Waals surface area contributed by atoms with E-state index in [-0.39, 0.29) is 0 Å². The molecule has 0 unspecified atom stereocenters. The number of benzene rings is 9. The number of para-hydroxylation sites is 2. The Morgan fingerprint density at radius 2 is 0.875 bits per heavy atom. The molecule has 0 bridgehead atoms. The summed E-state index contributed by atoms with van der Waals surface area (Å²) in [7, 11) is 0. The molecule has 0 saturated carbocycles. The molecular formula is C53H31NO2. The van der Waals surface area contributed by atoms with E-state index in [0.717, 1.165) is 60.9 Å². The van der Waals surface area contributed by atoms with Crippen LogP contribution in [0.1, 0.15) is 22.3 Å². The average molecular weight is 714 g/mol. The average Bonchev–Trinajstić information content (AvgIpc) is 3.99. The molecule has 0 amide bonds. The van der Waals surface area contributed by atoms with Crippen molar-refractivity contribution in [2.45, 2.75) is 5.41 Å². The maximum absolute atomic E-state index is 6.78. The van der Waals surface area contributed by atoms with Crippen molar-refractivity contribution in [2.75, 3.05) is 4.90 Å². The van der Waals surface area contributed by atoms with Gasteiger partial charge in [0.25, 0.3) is 0 Å². The van der Waals surface area contributed by atoms with Crippen LogP contribution in [-0.4, -0.2) is 0 Å². The summed E-state index contributed by atoms with van der Waals surface area (Å²) in [5.74, 6) is 0. The molecule has 0 radical (unpaired) electrons. The predicted octanol–water partition coefficient (Wildman–Crippen LogP) is 14.5. The summed E-state index contributed by atoms with van der Waals surface area (Å²) < 4.78 is 13.4. The zero-order valence-electron chi connectivity index (χ0n) is 30.2. The molecule has 2 heterocycles. The maximum Gasteiger partial charge on any atom is 0.180 e. The van der Waals surface area contributed by atoms with Gasteiger partial charge in [0.15, 0.2) is 11.2 Å². The van der Waals surface area contributed by atoms with Crippen molar-refractivity contribution in [1.82, 2.24) is 0 Å². The molecule has 0 saturated heterocycles. The molecule has 1 spiro atoms. The van der Waals surface area contributed by atoms with Gasteiger partial charge in [-0.05, 0) is 97.7 Å². The van der Waals surface area contributed by atoms with Gasteiger partial charge in [0.1, 0.15) is 11.2 Å². The third-order valence-electron chi connectivity index (χ3n) is 12.4. The summed E-state index contributed by atoms with van der Waals surface area (Å²) in [5.41, 5.74) is 16.3. The fourth-order valence-electron chi connectivity index (χ4n) is 10.2. The number of hydrogen-bond acceptors (Lipinski definition) is 3. The van der Waals surface area contributed by atoms with Gasteiger partial charge in [-0.1, -0.05) is 146 Å². The first-order valence-electron chi connectivity index (χ1n) is 19.3. The zero-order chi connectivity index (χ0) is 36.5. The smallest absolute Gasteiger partial charge is 0.180 e. The molecule has 2 aliphatic carbocycles. The molecule has 0 N–H and O–H groups in total. The monoisotopic (exact) mass is 713 g/mol. The minimum absolute atomic E-state index is 0.466. The molecule has 0 fully saturated rings. The van der Waals surface area contributed by atoms with Crippen LogP contribution >= 0.6 is 0 Å². The molecule has 0 aliphatic heterocycles. The second kappa shape index (κ2) is 10.9. The second-order valence-electron chi connectivity index (χ2n) is 15.2. The van der Waals surface area contributed by atoms with E-state index in [1.54, 1.807) is 0 Å². The van der Waals surface area contributed by atoms with E-state index in [1.165, 1.54) is 55.3 Å². The quantitative estimate of drug-likeness (QED) is 0.183. The van der Waals surface area contributed by atoms with Gasteiger partial charge in [-0.15, -0.1) is 0 Å². The van der Waals surface area contributed by atoms with Gasteiger partial charge >= 0.3 is 0 Å². The Kier molecular flexibility index (Phi) is 5.83. The number of hydrogen-bond donors (Lipinski definition) is 0. The van der Waals surface area contributed by atoms with Crippen molar-refractivity contribution in [1.29, 1.82) is 0 Å². The van der Waals surface area contributed by atoms with E-state index in [1.807, 2.05) is 18.2 Å². The minimum Gasteiger partial charge on any atom is -0.452 e. The Balaban J connectivity index is 1.17. The number of rotatable bonds is 3. The first kappa shape index (κ1) is 30.0. The normalized spacial score (nSPS) is 13.5. The van der Waals surface area contributed by atoms with Crippen LogP contribution in [0.5, 0.6) is 0 Å². The molecule has 56 heavy (non-hydrogen) atoms. The third kappa shape index (κ3) is 3.76. The van der Waals surface area contributed by atoms with Crippen molar-refractivity contribution >= 4 is 71.7 Å². The largest absolute Gasteiger partial charge is 0.452 e. The number of anilines is 3. The lowest BCUT2D eigenvalue weighted by atomic mass is 9.70. The van der Waals surface area contributed by atoms with Gasteiger partial charge in [0, 0.05) is 27.5 Å². The first-order valence-corrected chi connectivity index (χ1v) is 19.3. The fraction of sp³-hybridized carbons (Fsp3) is 0.0189. The Morgan fingerprint density at radius 3 is 1.59 bits per heavy atom. The van der Waals surface area contributed by atoms with Crippen LogP contribution in [0.15, 0.2) is 197 Å². The molecule has 13 rings (SSSR count). The van der Waals surface area contributed by atoms with Crippen LogP contribution in [0.4, 0.5) is 17.1 Å². The lowest BCUT2D eigenvalue weighted by Gasteiger charge is -2.32. The predicted molar refractivity (Wildman–Crippen MR) is 229 cm³/mol. The summed E-state index contributed by atoms with van der Waals surface area (Å²) in [6.07, 6.45) is 0. The van der Waals surface area contributed by atoms with Gasteiger partial charge in [-0.25, -0.2) is 0 Å². The second-order valence-corrected chi connectivity index (χ2v) is 15.2. The Morgan fingerprint density at radius 1 is 0.357 bits per heavy atom. The van der Waals surface area contributed by atoms with Crippen molar-refractivity contribution < 1.29 is 8.83 Å². The third-order valence-corrected chi connectivity index (χ3v) is 12.4. The van der Waals surface area contributed by atoms with Gasteiger partial charge in [0.2, 0.25) is 0 Å². The van der Waals surface area contributed by atoms with Gasteiger partial charge < -0.3 is 13.7 Å². The van der Waals surface area contributed by atoms with Crippen LogP contribution < -0.4 is 4.90 Å². The highest BCUT2D eigenvalue weighted by molar-refractivity contribution is 6.24. The van der Waals surface area contributed by atoms with Crippen LogP contribution in [-0.2, 0) is 5.41 Å². The van der Waals surface area contributed by atoms with E-state index in [9.17, 15) is 0 Å². The lowest BCUT2D eigenvalue weighted by molar-refractivity contribution is 0.633. The molecule has 3 nitrogen and oxygen atoms in total. The highest BCUT2D eigenvalue weighted by Crippen LogP contribution is 2.63. The lowest BCUT2D eigenvalue weighted by Crippen LogP contribution is -2.26. The van der Waals surface area contributed by atoms with E-state index in [2.05, 4.69) is 175 Å². The Bertz CT molecular complexity index is 3390. The van der Waals surface area contributed by atoms with Crippen molar-refractivity contribution in [2.24, 2.45) is 0 Å². The van der Waals surface area contributed by atoms with E-state index in [0.29, 0.717) is 0 Å². The van der Waals surface area contributed by atoms with Gasteiger partial charge in [-0.3, -0.25) is 0 Å². The molecule has 2 aromatic heterocycles. The summed E-state index contributed by atoms with van der Waals surface area (Å²) in [4.78, 5) is 2.45. The molecule has 3 heteroatoms. The minimum atomic E-state index is -0.466. The van der Waals surface area contributed by atoms with Crippen LogP contribution in [0.3, 0.4) is 0 Å². The SMILES string of the molecule is c1ccc2c(c1)-c1ccccc1C21c2ccccc2-c2ccc(N(c3ccc4ccccc4c3)c3cc4c5ccccc5oc4c4oc5ccccc5c34)cc21. The topological polar surface area (TPSA) is 29.5 Å². The molecule has 11 aromatic rings. The van der Waals surface area contributed by atoms with Crippen molar-refractivity contribution in [3.8, 4) is 22.3 Å². The number of nitrogens with zero attached hydrogens (tertiary/aromatic N) is 1. The molecular weight excluding hydrogens is 683 g/mol. The van der Waals surface area contributed by atoms with Crippen molar-refractivity contribution in [3.63, 3.8) is 0 Å². The summed E-state index contributed by atoms with van der Waals surface area (Å²) in [5, 5.41) is 6.55. The molecule has 260 valence electrons. The summed E-state index contributed by atoms with van der Waals surface area (Å²) in [6, 6.07) is 68.5. The van der Waals surface area contributed by atoms with E-state index >= 15 is 0 Å². The van der Waals surface area contributed by atoms with Gasteiger partial charge in [0.05, 0.1) is 16.5 Å². The highest BCUT2D eigenvalue weighted by Gasteiger charge is 2.51. The first-order chi connectivity index (χ1) is 27.8. The van der Waals surface area contributed by atoms with Crippen LogP contribution in [0.25, 0.3) is 76.9 Å². The maximum atomic E-state index is 6.78. The van der Waals surface area contributed by atoms with Crippen LogP contribution in [0, 0.1) is 0 Å². The van der Waals surface area contributed by atoms with Crippen molar-refractivity contribution in [3.05, 3.63) is 210 Å². The zero-order valence-corrected chi connectivity index (χ0v) is 30.2. The molecule has 0 atom stereocenters. The fourth-order valence-corrected chi connectivity index (χ4v) is 10.2.